The first-order valence-electron chi connectivity index (χ1n) is 5.94. The highest BCUT2D eigenvalue weighted by atomic mass is 19.1. The van der Waals surface area contributed by atoms with Crippen molar-refractivity contribution in [1.29, 1.82) is 0 Å². The minimum Gasteiger partial charge on any atom is -0.372 e. The monoisotopic (exact) mass is 277 g/mol. The van der Waals surface area contributed by atoms with Gasteiger partial charge in [0.15, 0.2) is 11.6 Å². The van der Waals surface area contributed by atoms with Crippen LogP contribution in [0.25, 0.3) is 16.8 Å². The van der Waals surface area contributed by atoms with Gasteiger partial charge in [-0.25, -0.2) is 13.2 Å². The smallest absolute Gasteiger partial charge is 0.152 e. The standard InChI is InChI=1S/C14H10F3N3/c15-9-3-1-2-8(14(9)12-6-19-7-20-12)13-10(16)4-18-5-11(13)17/h1-6,19-20H,7H2. The number of nitrogens with zero attached hydrogens (tertiary/aromatic N) is 1. The Balaban J connectivity index is 2.27. The number of halogens is 3. The largest absolute Gasteiger partial charge is 0.372 e. The van der Waals surface area contributed by atoms with E-state index in [1.807, 2.05) is 0 Å². The Hall–Kier alpha value is -2.50. The van der Waals surface area contributed by atoms with Gasteiger partial charge in [0.25, 0.3) is 0 Å². The van der Waals surface area contributed by atoms with Crippen LogP contribution in [0.1, 0.15) is 5.56 Å². The third-order valence-corrected chi connectivity index (χ3v) is 3.03. The highest BCUT2D eigenvalue weighted by Gasteiger charge is 2.21. The van der Waals surface area contributed by atoms with Crippen LogP contribution < -0.4 is 10.6 Å². The minimum atomic E-state index is -0.830. The van der Waals surface area contributed by atoms with Crippen LogP contribution in [0.3, 0.4) is 0 Å². The molecule has 3 rings (SSSR count). The first-order valence-corrected chi connectivity index (χ1v) is 5.94. The summed E-state index contributed by atoms with van der Waals surface area (Å²) < 4.78 is 41.8. The number of rotatable bonds is 2. The second kappa shape index (κ2) is 4.88. The molecule has 0 radical (unpaired) electrons. The number of benzene rings is 1. The highest BCUT2D eigenvalue weighted by Crippen LogP contribution is 2.33. The van der Waals surface area contributed by atoms with Crippen LogP contribution in [-0.4, -0.2) is 11.7 Å². The molecule has 0 amide bonds. The van der Waals surface area contributed by atoms with Crippen molar-refractivity contribution in [2.24, 2.45) is 0 Å². The van der Waals surface area contributed by atoms with E-state index in [0.717, 1.165) is 12.4 Å². The van der Waals surface area contributed by atoms with Gasteiger partial charge in [0.1, 0.15) is 5.82 Å². The summed E-state index contributed by atoms with van der Waals surface area (Å²) in [5.41, 5.74) is 0.434. The molecule has 20 heavy (non-hydrogen) atoms. The van der Waals surface area contributed by atoms with Gasteiger partial charge in [-0.05, 0) is 11.6 Å². The first-order chi connectivity index (χ1) is 9.68. The molecule has 6 heteroatoms. The second-order valence-electron chi connectivity index (χ2n) is 4.26. The average Bonchev–Trinajstić information content (AvgIpc) is 2.92. The molecule has 1 aromatic heterocycles. The fraction of sp³-hybridized carbons (Fsp3) is 0.0714. The lowest BCUT2D eigenvalue weighted by Gasteiger charge is -2.13. The fourth-order valence-electron chi connectivity index (χ4n) is 2.19. The van der Waals surface area contributed by atoms with Crippen molar-refractivity contribution in [2.75, 3.05) is 6.67 Å². The van der Waals surface area contributed by atoms with Crippen molar-refractivity contribution in [3.05, 3.63) is 59.8 Å². The zero-order valence-electron chi connectivity index (χ0n) is 10.3. The molecule has 0 saturated heterocycles. The third-order valence-electron chi connectivity index (χ3n) is 3.03. The van der Waals surface area contributed by atoms with E-state index in [0.29, 0.717) is 12.4 Å². The second-order valence-corrected chi connectivity index (χ2v) is 4.26. The quantitative estimate of drug-likeness (QED) is 0.886. The molecule has 0 saturated carbocycles. The lowest BCUT2D eigenvalue weighted by Crippen LogP contribution is -2.14. The topological polar surface area (TPSA) is 37.0 Å². The number of hydrogen-bond donors (Lipinski definition) is 2. The molecule has 102 valence electrons. The van der Waals surface area contributed by atoms with Gasteiger partial charge in [0.05, 0.1) is 30.3 Å². The molecule has 2 N–H and O–H groups in total. The summed E-state index contributed by atoms with van der Waals surface area (Å²) in [6, 6.07) is 4.13. The van der Waals surface area contributed by atoms with Gasteiger partial charge in [-0.1, -0.05) is 12.1 Å². The zero-order chi connectivity index (χ0) is 14.1. The highest BCUT2D eigenvalue weighted by molar-refractivity contribution is 5.81. The third kappa shape index (κ3) is 1.99. The van der Waals surface area contributed by atoms with Crippen molar-refractivity contribution in [2.45, 2.75) is 0 Å². The Bertz CT molecular complexity index is 678. The molecule has 2 aromatic rings. The molecule has 0 fully saturated rings. The van der Waals surface area contributed by atoms with Gasteiger partial charge in [-0.3, -0.25) is 4.98 Å². The van der Waals surface area contributed by atoms with Gasteiger partial charge in [0, 0.05) is 11.8 Å². The van der Waals surface area contributed by atoms with Crippen molar-refractivity contribution in [3.63, 3.8) is 0 Å². The van der Waals surface area contributed by atoms with E-state index in [-0.39, 0.29) is 16.7 Å². The summed E-state index contributed by atoms with van der Waals surface area (Å²) in [6.07, 6.45) is 3.38. The number of nitrogens with one attached hydrogen (secondary N) is 2. The maximum Gasteiger partial charge on any atom is 0.152 e. The number of pyridine rings is 1. The summed E-state index contributed by atoms with van der Waals surface area (Å²) in [4.78, 5) is 3.43. The maximum atomic E-state index is 14.1. The fourth-order valence-corrected chi connectivity index (χ4v) is 2.19. The molecule has 3 nitrogen and oxygen atoms in total. The molecule has 1 aliphatic rings. The molecule has 1 aromatic carbocycles. The Kier molecular flexibility index (Phi) is 3.06. The van der Waals surface area contributed by atoms with Crippen LogP contribution in [0.4, 0.5) is 13.2 Å². The van der Waals surface area contributed by atoms with Gasteiger partial charge >= 0.3 is 0 Å². The molecule has 0 atom stereocenters. The summed E-state index contributed by atoms with van der Waals surface area (Å²) in [6.45, 7) is 0.435. The van der Waals surface area contributed by atoms with Gasteiger partial charge < -0.3 is 10.6 Å². The van der Waals surface area contributed by atoms with E-state index < -0.39 is 17.5 Å². The summed E-state index contributed by atoms with van der Waals surface area (Å²) in [5.74, 6) is -2.22. The summed E-state index contributed by atoms with van der Waals surface area (Å²) in [7, 11) is 0. The molecule has 0 aliphatic carbocycles. The zero-order valence-corrected chi connectivity index (χ0v) is 10.3. The van der Waals surface area contributed by atoms with Crippen molar-refractivity contribution in [1.82, 2.24) is 15.6 Å². The Labute approximate surface area is 113 Å². The number of hydrogen-bond acceptors (Lipinski definition) is 3. The van der Waals surface area contributed by atoms with Crippen LogP contribution in [-0.2, 0) is 0 Å². The lowest BCUT2D eigenvalue weighted by molar-refractivity contribution is 0.578. The van der Waals surface area contributed by atoms with E-state index in [1.54, 1.807) is 6.20 Å². The van der Waals surface area contributed by atoms with E-state index in [1.165, 1.54) is 18.2 Å². The molecule has 1 aliphatic heterocycles. The van der Waals surface area contributed by atoms with E-state index in [4.69, 9.17) is 0 Å². The SMILES string of the molecule is Fc1cccc(-c2c(F)cncc2F)c1C1=CNCN1. The molecular formula is C14H10F3N3. The average molecular weight is 277 g/mol. The molecular weight excluding hydrogens is 267 g/mol. The van der Waals surface area contributed by atoms with Crippen LogP contribution in [0, 0.1) is 17.5 Å². The predicted molar refractivity (Wildman–Crippen MR) is 68.7 cm³/mol. The molecule has 0 unspecified atom stereocenters. The van der Waals surface area contributed by atoms with Crippen molar-refractivity contribution >= 4 is 5.70 Å². The Morgan fingerprint density at radius 3 is 2.35 bits per heavy atom. The Morgan fingerprint density at radius 1 is 0.950 bits per heavy atom. The van der Waals surface area contributed by atoms with Gasteiger partial charge in [-0.15, -0.1) is 0 Å². The maximum absolute atomic E-state index is 14.1. The van der Waals surface area contributed by atoms with E-state index in [2.05, 4.69) is 15.6 Å². The minimum absolute atomic E-state index is 0.126. The van der Waals surface area contributed by atoms with Crippen molar-refractivity contribution < 1.29 is 13.2 Å². The van der Waals surface area contributed by atoms with Crippen LogP contribution in [0.15, 0.2) is 36.8 Å². The first kappa shape index (κ1) is 12.5. The predicted octanol–water partition coefficient (Wildman–Crippen LogP) is 2.61. The van der Waals surface area contributed by atoms with Gasteiger partial charge in [-0.2, -0.15) is 0 Å². The molecule has 2 heterocycles. The van der Waals surface area contributed by atoms with E-state index >= 15 is 0 Å². The van der Waals surface area contributed by atoms with Crippen LogP contribution in [0.5, 0.6) is 0 Å². The van der Waals surface area contributed by atoms with Crippen LogP contribution in [0.2, 0.25) is 0 Å². The normalized spacial score (nSPS) is 13.7. The summed E-state index contributed by atoms with van der Waals surface area (Å²) in [5, 5.41) is 5.78. The molecule has 0 bridgehead atoms. The number of aromatic nitrogens is 1. The Morgan fingerprint density at radius 2 is 1.70 bits per heavy atom. The van der Waals surface area contributed by atoms with Crippen LogP contribution >= 0.6 is 0 Å². The molecule has 0 spiro atoms. The van der Waals surface area contributed by atoms with E-state index in [9.17, 15) is 13.2 Å². The summed E-state index contributed by atoms with van der Waals surface area (Å²) >= 11 is 0. The van der Waals surface area contributed by atoms with Gasteiger partial charge in [0.2, 0.25) is 0 Å². The van der Waals surface area contributed by atoms with Crippen molar-refractivity contribution in [3.8, 4) is 11.1 Å². The lowest BCUT2D eigenvalue weighted by atomic mass is 9.97.